The highest BCUT2D eigenvalue weighted by Gasteiger charge is 1.89. The monoisotopic (exact) mass is 185 g/mol. The molecule has 0 spiro atoms. The molecule has 0 aliphatic rings. The molecule has 0 saturated carbocycles. The second kappa shape index (κ2) is 4.83. The van der Waals surface area contributed by atoms with Gasteiger partial charge in [-0.2, -0.15) is 5.26 Å². The van der Waals surface area contributed by atoms with Gasteiger partial charge >= 0.3 is 0 Å². The Morgan fingerprint density at radius 2 is 2.07 bits per heavy atom. The Morgan fingerprint density at radius 1 is 1.43 bits per heavy atom. The largest absolute Gasteiger partial charge is 0.404 e. The van der Waals surface area contributed by atoms with E-state index in [0.29, 0.717) is 5.56 Å². The highest BCUT2D eigenvalue weighted by molar-refractivity contribution is 5.80. The molecule has 0 radical (unpaired) electrons. The normalized spacial score (nSPS) is 11.6. The van der Waals surface area contributed by atoms with Crippen LogP contribution in [0.3, 0.4) is 0 Å². The molecule has 14 heavy (non-hydrogen) atoms. The number of rotatable bonds is 2. The van der Waals surface area contributed by atoms with Crippen LogP contribution in [0, 0.1) is 11.3 Å². The van der Waals surface area contributed by atoms with E-state index in [4.69, 9.17) is 11.0 Å². The maximum Gasteiger partial charge on any atom is 0.0991 e. The Labute approximate surface area is 83.2 Å². The third-order valence-electron chi connectivity index (χ3n) is 1.68. The zero-order valence-corrected chi connectivity index (χ0v) is 7.94. The second-order valence-corrected chi connectivity index (χ2v) is 2.83. The van der Waals surface area contributed by atoms with Gasteiger partial charge < -0.3 is 5.73 Å². The van der Waals surface area contributed by atoms with E-state index in [1.165, 1.54) is 6.20 Å². The molecule has 1 rings (SSSR count). The maximum absolute atomic E-state index is 8.57. The summed E-state index contributed by atoms with van der Waals surface area (Å²) in [6.45, 7) is 1.87. The summed E-state index contributed by atoms with van der Waals surface area (Å²) in [4.78, 5) is 4.17. The van der Waals surface area contributed by atoms with Crippen molar-refractivity contribution in [1.29, 1.82) is 5.26 Å². The molecule has 0 unspecified atom stereocenters. The highest BCUT2D eigenvalue weighted by atomic mass is 14.7. The number of hydrogen-bond donors (Lipinski definition) is 1. The van der Waals surface area contributed by atoms with Crippen LogP contribution in [0.25, 0.3) is 0 Å². The summed E-state index contributed by atoms with van der Waals surface area (Å²) in [7, 11) is 0. The molecule has 1 aromatic rings. The first-order valence-corrected chi connectivity index (χ1v) is 4.19. The number of aliphatic imine (C=N–C) groups is 1. The van der Waals surface area contributed by atoms with E-state index in [9.17, 15) is 0 Å². The summed E-state index contributed by atoms with van der Waals surface area (Å²) in [6, 6.07) is 9.09. The molecule has 0 fully saturated rings. The summed E-state index contributed by atoms with van der Waals surface area (Å²) in [6.07, 6.45) is 3.18. The van der Waals surface area contributed by atoms with Gasteiger partial charge in [-0.15, -0.1) is 0 Å². The first-order chi connectivity index (χ1) is 6.76. The Bertz CT molecular complexity index is 394. The molecule has 0 bridgehead atoms. The molecular weight excluding hydrogens is 174 g/mol. The maximum atomic E-state index is 8.57. The van der Waals surface area contributed by atoms with Gasteiger partial charge in [0.15, 0.2) is 0 Å². The van der Waals surface area contributed by atoms with Gasteiger partial charge in [-0.1, -0.05) is 0 Å². The molecule has 70 valence electrons. The minimum absolute atomic E-state index is 0.634. The van der Waals surface area contributed by atoms with Crippen LogP contribution in [0.2, 0.25) is 0 Å². The fraction of sp³-hybridized carbons (Fsp3) is 0.0909. The summed E-state index contributed by atoms with van der Waals surface area (Å²) in [5.74, 6) is 0. The lowest BCUT2D eigenvalue weighted by Gasteiger charge is -1.93. The summed E-state index contributed by atoms with van der Waals surface area (Å²) in [5, 5.41) is 8.57. The predicted octanol–water partition coefficient (Wildman–Crippen LogP) is 2.12. The van der Waals surface area contributed by atoms with Crippen LogP contribution in [0.15, 0.2) is 41.0 Å². The average Bonchev–Trinajstić information content (AvgIpc) is 2.26. The predicted molar refractivity (Wildman–Crippen MR) is 57.3 cm³/mol. The number of nitrogens with zero attached hydrogens (tertiary/aromatic N) is 2. The first-order valence-electron chi connectivity index (χ1n) is 4.19. The van der Waals surface area contributed by atoms with Crippen molar-refractivity contribution in [3.63, 3.8) is 0 Å². The van der Waals surface area contributed by atoms with Crippen molar-refractivity contribution < 1.29 is 0 Å². The van der Waals surface area contributed by atoms with E-state index in [2.05, 4.69) is 4.99 Å². The molecular formula is C11H11N3. The Balaban J connectivity index is 2.80. The van der Waals surface area contributed by atoms with Crippen molar-refractivity contribution in [2.24, 2.45) is 10.7 Å². The minimum Gasteiger partial charge on any atom is -0.404 e. The van der Waals surface area contributed by atoms with Gasteiger partial charge in [-0.3, -0.25) is 4.99 Å². The van der Waals surface area contributed by atoms with E-state index in [1.54, 1.807) is 30.5 Å². The number of benzene rings is 1. The molecule has 0 atom stereocenters. The summed E-state index contributed by atoms with van der Waals surface area (Å²) < 4.78 is 0. The van der Waals surface area contributed by atoms with E-state index in [0.717, 1.165) is 11.3 Å². The third-order valence-corrected chi connectivity index (χ3v) is 1.68. The SMILES string of the molecule is C/C(C=Nc1ccc(C#N)cc1)=C/N. The van der Waals surface area contributed by atoms with Crippen molar-refractivity contribution in [2.45, 2.75) is 6.92 Å². The van der Waals surface area contributed by atoms with Crippen molar-refractivity contribution >= 4 is 11.9 Å². The topological polar surface area (TPSA) is 62.2 Å². The number of nitrogens with two attached hydrogens (primary N) is 1. The molecule has 0 amide bonds. The van der Waals surface area contributed by atoms with Crippen LogP contribution in [-0.4, -0.2) is 6.21 Å². The van der Waals surface area contributed by atoms with Crippen molar-refractivity contribution in [3.05, 3.63) is 41.6 Å². The first kappa shape index (κ1) is 10.0. The Morgan fingerprint density at radius 3 is 2.57 bits per heavy atom. The number of nitriles is 1. The van der Waals surface area contributed by atoms with E-state index in [-0.39, 0.29) is 0 Å². The van der Waals surface area contributed by atoms with Crippen LogP contribution in [0.1, 0.15) is 12.5 Å². The fourth-order valence-electron chi connectivity index (χ4n) is 0.841. The van der Waals surface area contributed by atoms with Crippen molar-refractivity contribution in [1.82, 2.24) is 0 Å². The van der Waals surface area contributed by atoms with E-state index >= 15 is 0 Å². The second-order valence-electron chi connectivity index (χ2n) is 2.83. The molecule has 0 aliphatic carbocycles. The van der Waals surface area contributed by atoms with Gasteiger partial charge in [-0.25, -0.2) is 0 Å². The van der Waals surface area contributed by atoms with Crippen LogP contribution in [0.4, 0.5) is 5.69 Å². The van der Waals surface area contributed by atoms with Gasteiger partial charge in [0.2, 0.25) is 0 Å². The van der Waals surface area contributed by atoms with Crippen LogP contribution >= 0.6 is 0 Å². The molecule has 0 heterocycles. The van der Waals surface area contributed by atoms with Gasteiger partial charge in [0.25, 0.3) is 0 Å². The van der Waals surface area contributed by atoms with Gasteiger partial charge in [0.1, 0.15) is 0 Å². The smallest absolute Gasteiger partial charge is 0.0991 e. The number of allylic oxidation sites excluding steroid dienone is 1. The molecule has 2 N–H and O–H groups in total. The van der Waals surface area contributed by atoms with E-state index < -0.39 is 0 Å². The zero-order chi connectivity index (χ0) is 10.4. The highest BCUT2D eigenvalue weighted by Crippen LogP contribution is 2.12. The molecule has 0 saturated heterocycles. The van der Waals surface area contributed by atoms with Crippen LogP contribution < -0.4 is 5.73 Å². The van der Waals surface area contributed by atoms with Gasteiger partial charge in [0.05, 0.1) is 17.3 Å². The van der Waals surface area contributed by atoms with E-state index in [1.807, 2.05) is 13.0 Å². The van der Waals surface area contributed by atoms with Crippen LogP contribution in [0.5, 0.6) is 0 Å². The summed E-state index contributed by atoms with van der Waals surface area (Å²) in [5.41, 5.74) is 7.63. The molecule has 1 aromatic carbocycles. The third kappa shape index (κ3) is 2.76. The number of hydrogen-bond acceptors (Lipinski definition) is 3. The lowest BCUT2D eigenvalue weighted by molar-refractivity contribution is 1.44. The lowest BCUT2D eigenvalue weighted by Crippen LogP contribution is -1.84. The summed E-state index contributed by atoms with van der Waals surface area (Å²) >= 11 is 0. The fourth-order valence-corrected chi connectivity index (χ4v) is 0.841. The van der Waals surface area contributed by atoms with Gasteiger partial charge in [-0.05, 0) is 43.0 Å². The van der Waals surface area contributed by atoms with Crippen molar-refractivity contribution in [3.8, 4) is 6.07 Å². The van der Waals surface area contributed by atoms with Crippen molar-refractivity contribution in [2.75, 3.05) is 0 Å². The molecule has 0 aromatic heterocycles. The Hall–Kier alpha value is -2.08. The molecule has 3 nitrogen and oxygen atoms in total. The van der Waals surface area contributed by atoms with Crippen LogP contribution in [-0.2, 0) is 0 Å². The Kier molecular flexibility index (Phi) is 3.45. The minimum atomic E-state index is 0.634. The zero-order valence-electron chi connectivity index (χ0n) is 7.94. The molecule has 3 heteroatoms. The van der Waals surface area contributed by atoms with Gasteiger partial charge in [0, 0.05) is 6.21 Å². The average molecular weight is 185 g/mol. The lowest BCUT2D eigenvalue weighted by atomic mass is 10.2. The standard InChI is InChI=1S/C11H11N3/c1-9(6-12)8-14-11-4-2-10(7-13)3-5-11/h2-6,8H,12H2,1H3/b9-6-,14-8?. The molecule has 0 aliphatic heterocycles. The quantitative estimate of drug-likeness (QED) is 0.717.